The van der Waals surface area contributed by atoms with Crippen LogP contribution in [-0.2, 0) is 9.53 Å². The summed E-state index contributed by atoms with van der Waals surface area (Å²) < 4.78 is 5.99. The predicted molar refractivity (Wildman–Crippen MR) is 88.7 cm³/mol. The molecule has 2 aromatic rings. The summed E-state index contributed by atoms with van der Waals surface area (Å²) in [5, 5.41) is 2.47. The predicted octanol–water partition coefficient (Wildman–Crippen LogP) is 4.52. The van der Waals surface area contributed by atoms with Crippen molar-refractivity contribution in [3.8, 4) is 0 Å². The van der Waals surface area contributed by atoms with Crippen LogP contribution in [0.15, 0.2) is 48.0 Å². The first-order valence-corrected chi connectivity index (χ1v) is 8.17. The molecule has 0 spiro atoms. The first-order chi connectivity index (χ1) is 10.8. The number of hydrogen-bond donors (Lipinski definition) is 0. The van der Waals surface area contributed by atoms with Gasteiger partial charge in [-0.15, -0.1) is 0 Å². The zero-order chi connectivity index (χ0) is 15.1. The number of hydrogen-bond acceptors (Lipinski definition) is 2. The number of benzene rings is 2. The molecule has 0 radical (unpaired) electrons. The molecule has 2 unspecified atom stereocenters. The molecule has 0 aromatic heterocycles. The minimum absolute atomic E-state index is 0.0210. The van der Waals surface area contributed by atoms with Gasteiger partial charge < -0.3 is 4.74 Å². The second-order valence-corrected chi connectivity index (χ2v) is 6.26. The second kappa shape index (κ2) is 5.36. The van der Waals surface area contributed by atoms with Crippen molar-refractivity contribution in [3.63, 3.8) is 0 Å². The molecule has 112 valence electrons. The number of carbonyl (C=O) groups excluding carboxylic acids is 1. The Labute approximate surface area is 130 Å². The number of carbonyl (C=O) groups is 1. The third-order valence-electron chi connectivity index (χ3n) is 4.91. The van der Waals surface area contributed by atoms with Gasteiger partial charge in [0.25, 0.3) is 0 Å². The molecule has 2 bridgehead atoms. The highest BCUT2D eigenvalue weighted by atomic mass is 16.5. The molecule has 2 aliphatic heterocycles. The Balaban J connectivity index is 1.87. The summed E-state index contributed by atoms with van der Waals surface area (Å²) in [6, 6.07) is 14.9. The van der Waals surface area contributed by atoms with E-state index in [1.54, 1.807) is 0 Å². The molecule has 2 nitrogen and oxygen atoms in total. The number of rotatable bonds is 3. The maximum absolute atomic E-state index is 12.5. The zero-order valence-corrected chi connectivity index (χ0v) is 12.8. The average Bonchev–Trinajstić information content (AvgIpc) is 2.95. The van der Waals surface area contributed by atoms with Crippen molar-refractivity contribution in [3.05, 3.63) is 53.6 Å². The summed E-state index contributed by atoms with van der Waals surface area (Å²) in [7, 11) is 0. The van der Waals surface area contributed by atoms with Gasteiger partial charge in [0, 0.05) is 12.0 Å². The number of fused-ring (bicyclic) bond motifs is 3. The van der Waals surface area contributed by atoms with Crippen molar-refractivity contribution in [2.24, 2.45) is 0 Å². The van der Waals surface area contributed by atoms with E-state index in [4.69, 9.17) is 4.74 Å². The highest BCUT2D eigenvalue weighted by Crippen LogP contribution is 2.42. The van der Waals surface area contributed by atoms with Gasteiger partial charge in [0.15, 0.2) is 5.78 Å². The number of ether oxygens (including phenoxy) is 1. The Morgan fingerprint density at radius 2 is 1.95 bits per heavy atom. The molecule has 2 aliphatic rings. The van der Waals surface area contributed by atoms with Crippen LogP contribution in [0.5, 0.6) is 0 Å². The lowest BCUT2D eigenvalue weighted by Crippen LogP contribution is -2.25. The molecular formula is C20H20O2. The summed E-state index contributed by atoms with van der Waals surface area (Å²) in [4.78, 5) is 12.5. The Bertz CT molecular complexity index is 772. The summed E-state index contributed by atoms with van der Waals surface area (Å²) >= 11 is 0. The van der Waals surface area contributed by atoms with Gasteiger partial charge in [-0.05, 0) is 47.2 Å². The van der Waals surface area contributed by atoms with Crippen molar-refractivity contribution in [1.29, 1.82) is 0 Å². The van der Waals surface area contributed by atoms with Crippen molar-refractivity contribution in [2.75, 3.05) is 0 Å². The highest BCUT2D eigenvalue weighted by Gasteiger charge is 2.38. The fraction of sp³-hybridized carbons (Fsp3) is 0.350. The Morgan fingerprint density at radius 1 is 1.14 bits per heavy atom. The molecule has 22 heavy (non-hydrogen) atoms. The number of ketones is 1. The van der Waals surface area contributed by atoms with Crippen molar-refractivity contribution >= 4 is 22.1 Å². The van der Waals surface area contributed by atoms with Crippen LogP contribution in [0.4, 0.5) is 0 Å². The van der Waals surface area contributed by atoms with Crippen LogP contribution < -0.4 is 0 Å². The molecule has 4 rings (SSSR count). The molecule has 1 fully saturated rings. The average molecular weight is 292 g/mol. The second-order valence-electron chi connectivity index (χ2n) is 6.26. The third-order valence-corrected chi connectivity index (χ3v) is 4.91. The monoisotopic (exact) mass is 292 g/mol. The van der Waals surface area contributed by atoms with Gasteiger partial charge in [0.05, 0.1) is 12.2 Å². The Hall–Kier alpha value is -1.93. The van der Waals surface area contributed by atoms with Crippen molar-refractivity contribution < 1.29 is 9.53 Å². The molecule has 0 amide bonds. The van der Waals surface area contributed by atoms with Gasteiger partial charge in [-0.3, -0.25) is 4.79 Å². The molecule has 2 atom stereocenters. The fourth-order valence-corrected chi connectivity index (χ4v) is 3.79. The van der Waals surface area contributed by atoms with Crippen LogP contribution in [0, 0.1) is 0 Å². The first-order valence-electron chi connectivity index (χ1n) is 8.17. The van der Waals surface area contributed by atoms with E-state index in [-0.39, 0.29) is 11.9 Å². The van der Waals surface area contributed by atoms with Crippen LogP contribution in [0.1, 0.15) is 38.2 Å². The molecule has 0 saturated carbocycles. The van der Waals surface area contributed by atoms with Gasteiger partial charge in [0.2, 0.25) is 0 Å². The lowest BCUT2D eigenvalue weighted by atomic mass is 9.88. The Morgan fingerprint density at radius 3 is 2.77 bits per heavy atom. The van der Waals surface area contributed by atoms with Gasteiger partial charge in [-0.1, -0.05) is 43.3 Å². The SMILES string of the molecule is CCC(=O)C1=C(c2ccc3ccccc3c2)CC2CCC1O2. The quantitative estimate of drug-likeness (QED) is 0.831. The lowest BCUT2D eigenvalue weighted by Gasteiger charge is -2.26. The molecule has 0 aliphatic carbocycles. The van der Waals surface area contributed by atoms with E-state index in [0.717, 1.165) is 24.8 Å². The standard InChI is InChI=1S/C20H20O2/c1-2-18(21)20-17(12-16-9-10-19(20)22-16)15-8-7-13-5-3-4-6-14(13)11-15/h3-8,11,16,19H,2,9-10,12H2,1H3. The van der Waals surface area contributed by atoms with Crippen molar-refractivity contribution in [2.45, 2.75) is 44.8 Å². The first kappa shape index (κ1) is 13.7. The smallest absolute Gasteiger partial charge is 0.161 e. The lowest BCUT2D eigenvalue weighted by molar-refractivity contribution is -0.116. The molecule has 2 heterocycles. The van der Waals surface area contributed by atoms with E-state index in [1.165, 1.54) is 21.9 Å². The van der Waals surface area contributed by atoms with E-state index in [2.05, 4.69) is 42.5 Å². The van der Waals surface area contributed by atoms with E-state index in [9.17, 15) is 4.79 Å². The summed E-state index contributed by atoms with van der Waals surface area (Å²) in [5.74, 6) is 0.244. The van der Waals surface area contributed by atoms with Crippen LogP contribution >= 0.6 is 0 Å². The van der Waals surface area contributed by atoms with Crippen LogP contribution in [0.3, 0.4) is 0 Å². The molecular weight excluding hydrogens is 272 g/mol. The molecule has 2 heteroatoms. The van der Waals surface area contributed by atoms with Crippen LogP contribution in [0.25, 0.3) is 16.3 Å². The minimum Gasteiger partial charge on any atom is -0.370 e. The summed E-state index contributed by atoms with van der Waals surface area (Å²) in [6.07, 6.45) is 3.80. The summed E-state index contributed by atoms with van der Waals surface area (Å²) in [6.45, 7) is 1.94. The maximum atomic E-state index is 12.5. The van der Waals surface area contributed by atoms with Gasteiger partial charge >= 0.3 is 0 Å². The summed E-state index contributed by atoms with van der Waals surface area (Å²) in [5.41, 5.74) is 3.35. The van der Waals surface area contributed by atoms with Crippen LogP contribution in [0.2, 0.25) is 0 Å². The van der Waals surface area contributed by atoms with E-state index in [0.29, 0.717) is 12.5 Å². The molecule has 0 N–H and O–H groups in total. The van der Waals surface area contributed by atoms with Crippen LogP contribution in [-0.4, -0.2) is 18.0 Å². The van der Waals surface area contributed by atoms with E-state index >= 15 is 0 Å². The minimum atomic E-state index is 0.0210. The maximum Gasteiger partial charge on any atom is 0.161 e. The molecule has 2 aromatic carbocycles. The van der Waals surface area contributed by atoms with Gasteiger partial charge in [-0.25, -0.2) is 0 Å². The normalized spacial score (nSPS) is 24.0. The van der Waals surface area contributed by atoms with Gasteiger partial charge in [0.1, 0.15) is 0 Å². The zero-order valence-electron chi connectivity index (χ0n) is 12.8. The molecule has 1 saturated heterocycles. The topological polar surface area (TPSA) is 26.3 Å². The third kappa shape index (κ3) is 2.19. The van der Waals surface area contributed by atoms with Gasteiger partial charge in [-0.2, -0.15) is 0 Å². The Kier molecular flexibility index (Phi) is 3.34. The fourth-order valence-electron chi connectivity index (χ4n) is 3.79. The number of Topliss-reactive ketones (excluding diaryl/α,β-unsaturated/α-hetero) is 1. The van der Waals surface area contributed by atoms with E-state index < -0.39 is 0 Å². The largest absolute Gasteiger partial charge is 0.370 e. The van der Waals surface area contributed by atoms with E-state index in [1.807, 2.05) is 6.92 Å². The van der Waals surface area contributed by atoms with Crippen molar-refractivity contribution in [1.82, 2.24) is 0 Å². The highest BCUT2D eigenvalue weighted by molar-refractivity contribution is 6.04.